The van der Waals surface area contributed by atoms with Gasteiger partial charge in [0.15, 0.2) is 0 Å². The van der Waals surface area contributed by atoms with E-state index >= 15 is 4.39 Å². The number of alkyl carbamates (subject to hydrolysis) is 1. The van der Waals surface area contributed by atoms with Crippen molar-refractivity contribution in [1.29, 1.82) is 0 Å². The molecule has 2 aromatic rings. The largest absolute Gasteiger partial charge is 0.445 e. The SMILES string of the molecule is CC(C)C[C@@H](NC(=O)OCc1ccccc1)C(=O)N[C@@H](C[C@H]1CCNC1=O)/C(S)=C\C(=O)N1CCN(CC2CCN(c3cc4c(cc3F)C(=O)N([C@@H]3CCC(=O)NC3=O)C4=O)CC2)CC1. The fourth-order valence-corrected chi connectivity index (χ4v) is 9.48. The van der Waals surface area contributed by atoms with Gasteiger partial charge in [-0.1, -0.05) is 44.2 Å². The highest BCUT2D eigenvalue weighted by atomic mass is 32.1. The number of halogens is 1. The molecule has 5 aliphatic rings. The van der Waals surface area contributed by atoms with E-state index in [0.717, 1.165) is 35.9 Å². The van der Waals surface area contributed by atoms with E-state index in [4.69, 9.17) is 17.4 Å². The monoisotopic (exact) mass is 916 g/mol. The summed E-state index contributed by atoms with van der Waals surface area (Å²) >= 11 is 4.71. The van der Waals surface area contributed by atoms with Gasteiger partial charge in [-0.15, -0.1) is 12.6 Å². The molecule has 0 aromatic heterocycles. The van der Waals surface area contributed by atoms with Crippen LogP contribution < -0.4 is 26.2 Å². The molecule has 0 bridgehead atoms. The number of hydrogen-bond donors (Lipinski definition) is 5. The van der Waals surface area contributed by atoms with Gasteiger partial charge in [0, 0.05) is 75.7 Å². The molecule has 0 spiro atoms. The number of imide groups is 2. The average Bonchev–Trinajstić information content (AvgIpc) is 3.79. The predicted octanol–water partition coefficient (Wildman–Crippen LogP) is 2.75. The van der Waals surface area contributed by atoms with Gasteiger partial charge < -0.3 is 30.5 Å². The Morgan fingerprint density at radius 3 is 2.22 bits per heavy atom. The molecule has 19 heteroatoms. The van der Waals surface area contributed by atoms with Gasteiger partial charge in [-0.25, -0.2) is 9.18 Å². The molecule has 5 heterocycles. The van der Waals surface area contributed by atoms with Crippen LogP contribution in [0.5, 0.6) is 0 Å². The molecule has 0 radical (unpaired) electrons. The number of anilines is 1. The molecule has 4 N–H and O–H groups in total. The Bertz CT molecular complexity index is 2210. The summed E-state index contributed by atoms with van der Waals surface area (Å²) in [6.45, 7) is 8.44. The lowest BCUT2D eigenvalue weighted by molar-refractivity contribution is -0.136. The smallest absolute Gasteiger partial charge is 0.408 e. The Morgan fingerprint density at radius 1 is 0.877 bits per heavy atom. The van der Waals surface area contributed by atoms with Crippen molar-refractivity contribution in [2.24, 2.45) is 17.8 Å². The fourth-order valence-electron chi connectivity index (χ4n) is 9.20. The highest BCUT2D eigenvalue weighted by molar-refractivity contribution is 7.84. The van der Waals surface area contributed by atoms with Gasteiger partial charge >= 0.3 is 6.09 Å². The molecular weight excluding hydrogens is 860 g/mol. The van der Waals surface area contributed by atoms with Gasteiger partial charge in [-0.2, -0.15) is 0 Å². The van der Waals surface area contributed by atoms with Crippen LogP contribution in [0.15, 0.2) is 53.4 Å². The summed E-state index contributed by atoms with van der Waals surface area (Å²) in [6, 6.07) is 8.81. The van der Waals surface area contributed by atoms with E-state index < -0.39 is 65.5 Å². The molecule has 0 aliphatic carbocycles. The van der Waals surface area contributed by atoms with Crippen molar-refractivity contribution in [2.75, 3.05) is 57.3 Å². The number of piperidine rings is 2. The van der Waals surface area contributed by atoms with Crippen LogP contribution in [0.1, 0.15) is 85.1 Å². The van der Waals surface area contributed by atoms with E-state index in [1.54, 1.807) is 4.90 Å². The first-order valence-electron chi connectivity index (χ1n) is 22.4. The summed E-state index contributed by atoms with van der Waals surface area (Å²) < 4.78 is 20.9. The highest BCUT2D eigenvalue weighted by Crippen LogP contribution is 2.34. The van der Waals surface area contributed by atoms with E-state index in [1.807, 2.05) is 49.1 Å². The molecule has 0 saturated carbocycles. The number of amides is 8. The van der Waals surface area contributed by atoms with Gasteiger partial charge in [0.25, 0.3) is 11.8 Å². The van der Waals surface area contributed by atoms with Gasteiger partial charge in [0.05, 0.1) is 22.9 Å². The van der Waals surface area contributed by atoms with Gasteiger partial charge in [-0.05, 0) is 68.1 Å². The Morgan fingerprint density at radius 2 is 1.57 bits per heavy atom. The molecule has 2 aromatic carbocycles. The number of fused-ring (bicyclic) bond motifs is 1. The Balaban J connectivity index is 0.906. The number of ether oxygens (including phenoxy) is 1. The lowest BCUT2D eigenvalue weighted by atomic mass is 9.95. The van der Waals surface area contributed by atoms with Crippen LogP contribution in [0, 0.1) is 23.6 Å². The summed E-state index contributed by atoms with van der Waals surface area (Å²) in [7, 11) is 0. The molecule has 4 fully saturated rings. The van der Waals surface area contributed by atoms with E-state index in [-0.39, 0.29) is 60.4 Å². The third-order valence-corrected chi connectivity index (χ3v) is 13.3. The molecule has 4 saturated heterocycles. The van der Waals surface area contributed by atoms with E-state index in [2.05, 4.69) is 26.2 Å². The van der Waals surface area contributed by atoms with Gasteiger partial charge in [0.1, 0.15) is 24.5 Å². The quantitative estimate of drug-likeness (QED) is 0.0998. The maximum Gasteiger partial charge on any atom is 0.408 e. The number of thiol groups is 1. The fraction of sp³-hybridized carbons (Fsp3) is 0.522. The number of carbonyl (C=O) groups excluding carboxylic acids is 8. The average molecular weight is 917 g/mol. The Labute approximate surface area is 382 Å². The topological polar surface area (TPSA) is 207 Å². The zero-order valence-electron chi connectivity index (χ0n) is 36.7. The molecule has 65 heavy (non-hydrogen) atoms. The molecule has 0 unspecified atom stereocenters. The first-order chi connectivity index (χ1) is 31.1. The first-order valence-corrected chi connectivity index (χ1v) is 22.9. The maximum atomic E-state index is 15.5. The highest BCUT2D eigenvalue weighted by Gasteiger charge is 2.45. The lowest BCUT2D eigenvalue weighted by Gasteiger charge is -2.39. The number of rotatable bonds is 15. The first kappa shape index (κ1) is 47.2. The predicted molar refractivity (Wildman–Crippen MR) is 239 cm³/mol. The summed E-state index contributed by atoms with van der Waals surface area (Å²) in [5.41, 5.74) is 0.955. The standard InChI is InChI=1S/C46H57FN8O9S/c1-27(2)20-35(50-46(63)64-26-29-6-4-3-5-7-29)42(59)49-34(21-30-10-13-48-41(30)58)38(65)24-40(57)54-18-16-52(17-19-54)25-28-11-14-53(15-12-28)37-23-32-31(22-33(37)47)44(61)55(45(32)62)36-8-9-39(56)51-43(36)60/h3-7,22-24,27-28,30,34-36,65H,8-21,25-26H2,1-2H3,(H,48,58)(H,49,59)(H,50,63)(H,51,56,60)/b38-24+/t30-,34+,35-,36-/m1/s1. The van der Waals surface area contributed by atoms with Crippen molar-refractivity contribution in [3.8, 4) is 0 Å². The second kappa shape index (κ2) is 21.0. The summed E-state index contributed by atoms with van der Waals surface area (Å²) in [6.07, 6.45) is 3.29. The number of piperazine rings is 1. The molecule has 17 nitrogen and oxygen atoms in total. The number of nitrogens with zero attached hydrogens (tertiary/aromatic N) is 4. The van der Waals surface area contributed by atoms with E-state index in [9.17, 15) is 38.4 Å². The van der Waals surface area contributed by atoms with Gasteiger partial charge in [-0.3, -0.25) is 48.7 Å². The third-order valence-electron chi connectivity index (χ3n) is 12.8. The minimum absolute atomic E-state index is 0.00954. The Hall–Kier alpha value is -5.82. The molecule has 8 amide bonds. The zero-order chi connectivity index (χ0) is 46.4. The lowest BCUT2D eigenvalue weighted by Crippen LogP contribution is -2.54. The van der Waals surface area contributed by atoms with Crippen LogP contribution >= 0.6 is 12.6 Å². The van der Waals surface area contributed by atoms with Crippen molar-refractivity contribution < 1.29 is 47.5 Å². The van der Waals surface area contributed by atoms with E-state index in [1.165, 1.54) is 12.1 Å². The van der Waals surface area contributed by atoms with Crippen molar-refractivity contribution in [1.82, 2.24) is 36.0 Å². The zero-order valence-corrected chi connectivity index (χ0v) is 37.6. The second-order valence-electron chi connectivity index (χ2n) is 17.9. The minimum Gasteiger partial charge on any atom is -0.445 e. The summed E-state index contributed by atoms with van der Waals surface area (Å²) in [5.74, 6) is -4.19. The van der Waals surface area contributed by atoms with Crippen LogP contribution in [0.4, 0.5) is 14.9 Å². The minimum atomic E-state index is -1.13. The van der Waals surface area contributed by atoms with Crippen molar-refractivity contribution in [2.45, 2.75) is 83.5 Å². The number of carbonyl (C=O) groups is 8. The normalized spacial score (nSPS) is 21.8. The third kappa shape index (κ3) is 11.5. The summed E-state index contributed by atoms with van der Waals surface area (Å²) in [4.78, 5) is 110. The number of hydrogen-bond acceptors (Lipinski definition) is 12. The van der Waals surface area contributed by atoms with Gasteiger partial charge in [0.2, 0.25) is 29.5 Å². The van der Waals surface area contributed by atoms with Crippen molar-refractivity contribution >= 4 is 65.8 Å². The number of benzene rings is 2. The van der Waals surface area contributed by atoms with Crippen LogP contribution in [-0.2, 0) is 35.3 Å². The van der Waals surface area contributed by atoms with Crippen LogP contribution in [0.2, 0.25) is 0 Å². The molecule has 348 valence electrons. The summed E-state index contributed by atoms with van der Waals surface area (Å²) in [5, 5.41) is 10.6. The van der Waals surface area contributed by atoms with Crippen LogP contribution in [-0.4, -0.2) is 133 Å². The van der Waals surface area contributed by atoms with Crippen LogP contribution in [0.25, 0.3) is 0 Å². The maximum absolute atomic E-state index is 15.5. The molecular formula is C46H57FN8O9S. The van der Waals surface area contributed by atoms with Crippen molar-refractivity contribution in [3.05, 3.63) is 76.0 Å². The molecule has 4 atom stereocenters. The molecule has 5 aliphatic heterocycles. The second-order valence-corrected chi connectivity index (χ2v) is 18.4. The number of nitrogens with one attached hydrogen (secondary N) is 4. The van der Waals surface area contributed by atoms with Crippen molar-refractivity contribution in [3.63, 3.8) is 0 Å². The Kier molecular flexibility index (Phi) is 15.2. The van der Waals surface area contributed by atoms with Crippen LogP contribution in [0.3, 0.4) is 0 Å². The van der Waals surface area contributed by atoms with E-state index in [0.29, 0.717) is 69.5 Å². The molecule has 7 rings (SSSR count).